The third kappa shape index (κ3) is 3.62. The third-order valence-corrected chi connectivity index (χ3v) is 6.48. The first-order chi connectivity index (χ1) is 15.3. The molecule has 0 unspecified atom stereocenters. The van der Waals surface area contributed by atoms with Crippen LogP contribution in [0.4, 0.5) is 17.5 Å². The van der Waals surface area contributed by atoms with Gasteiger partial charge in [0.05, 0.1) is 29.0 Å². The number of pyridine rings is 1. The fourth-order valence-corrected chi connectivity index (χ4v) is 4.96. The van der Waals surface area contributed by atoms with Crippen molar-refractivity contribution in [2.24, 2.45) is 7.05 Å². The van der Waals surface area contributed by atoms with E-state index < -0.39 is 0 Å². The minimum atomic E-state index is -0.0487. The van der Waals surface area contributed by atoms with E-state index in [0.29, 0.717) is 11.9 Å². The monoisotopic (exact) mass is 432 g/mol. The highest BCUT2D eigenvalue weighted by Gasteiger charge is 2.38. The molecule has 0 bridgehead atoms. The minimum Gasteiger partial charge on any atom is -0.368 e. The van der Waals surface area contributed by atoms with Gasteiger partial charge in [0.2, 0.25) is 5.95 Å². The van der Waals surface area contributed by atoms with Crippen LogP contribution in [0, 0.1) is 0 Å². The Labute approximate surface area is 189 Å². The second-order valence-electron chi connectivity index (χ2n) is 9.78. The van der Waals surface area contributed by atoms with E-state index in [-0.39, 0.29) is 5.41 Å². The highest BCUT2D eigenvalue weighted by molar-refractivity contribution is 5.74. The largest absolute Gasteiger partial charge is 0.368 e. The zero-order chi connectivity index (χ0) is 22.5. The first kappa shape index (κ1) is 20.9. The fourth-order valence-electron chi connectivity index (χ4n) is 4.96. The van der Waals surface area contributed by atoms with E-state index >= 15 is 0 Å². The summed E-state index contributed by atoms with van der Waals surface area (Å²) in [5, 5.41) is 11.6. The van der Waals surface area contributed by atoms with Gasteiger partial charge < -0.3 is 15.5 Å². The summed E-state index contributed by atoms with van der Waals surface area (Å²) < 4.78 is 2.03. The molecule has 3 aromatic rings. The normalized spacial score (nSPS) is 17.2. The lowest BCUT2D eigenvalue weighted by atomic mass is 9.74. The molecule has 168 valence electrons. The Morgan fingerprint density at radius 3 is 2.56 bits per heavy atom. The number of rotatable bonds is 4. The quantitative estimate of drug-likeness (QED) is 0.654. The molecule has 0 amide bonds. The average molecular weight is 433 g/mol. The first-order valence-corrected chi connectivity index (χ1v) is 11.5. The minimum absolute atomic E-state index is 0.0487. The van der Waals surface area contributed by atoms with Crippen LogP contribution >= 0.6 is 0 Å². The van der Waals surface area contributed by atoms with Gasteiger partial charge in [-0.15, -0.1) is 0 Å². The summed E-state index contributed by atoms with van der Waals surface area (Å²) >= 11 is 0. The maximum Gasteiger partial charge on any atom is 0.228 e. The predicted molar refractivity (Wildman–Crippen MR) is 128 cm³/mol. The second-order valence-corrected chi connectivity index (χ2v) is 9.78. The van der Waals surface area contributed by atoms with Crippen molar-refractivity contribution in [3.05, 3.63) is 41.5 Å². The molecule has 1 saturated heterocycles. The lowest BCUT2D eigenvalue weighted by molar-refractivity contribution is 0.489. The van der Waals surface area contributed by atoms with Crippen molar-refractivity contribution in [3.63, 3.8) is 0 Å². The summed E-state index contributed by atoms with van der Waals surface area (Å²) in [4.78, 5) is 16.5. The lowest BCUT2D eigenvalue weighted by Gasteiger charge is -2.30. The van der Waals surface area contributed by atoms with Crippen molar-refractivity contribution in [3.8, 4) is 11.3 Å². The van der Waals surface area contributed by atoms with E-state index in [4.69, 9.17) is 10.1 Å². The molecule has 0 aromatic carbocycles. The van der Waals surface area contributed by atoms with Gasteiger partial charge in [-0.25, -0.2) is 15.0 Å². The number of piperazine rings is 1. The Bertz CT molecular complexity index is 1120. The van der Waals surface area contributed by atoms with Crippen LogP contribution in [-0.2, 0) is 18.9 Å². The molecular weight excluding hydrogens is 400 g/mol. The summed E-state index contributed by atoms with van der Waals surface area (Å²) in [7, 11) is 2.04. The highest BCUT2D eigenvalue weighted by Crippen LogP contribution is 2.45. The number of nitrogens with one attached hydrogen (secondary N) is 2. The van der Waals surface area contributed by atoms with Crippen LogP contribution in [0.25, 0.3) is 11.3 Å². The predicted octanol–water partition coefficient (Wildman–Crippen LogP) is 3.38. The van der Waals surface area contributed by atoms with Gasteiger partial charge in [-0.3, -0.25) is 4.68 Å². The molecular formula is C24H32N8. The zero-order valence-corrected chi connectivity index (χ0v) is 19.6. The van der Waals surface area contributed by atoms with Gasteiger partial charge >= 0.3 is 0 Å². The van der Waals surface area contributed by atoms with E-state index in [1.165, 1.54) is 16.8 Å². The summed E-state index contributed by atoms with van der Waals surface area (Å²) in [6.07, 6.45) is 4.76. The van der Waals surface area contributed by atoms with E-state index in [9.17, 15) is 0 Å². The number of anilines is 3. The Kier molecular flexibility index (Phi) is 5.12. The summed E-state index contributed by atoms with van der Waals surface area (Å²) in [6.45, 7) is 13.0. The zero-order valence-electron chi connectivity index (χ0n) is 19.6. The highest BCUT2D eigenvalue weighted by atomic mass is 15.3. The molecule has 5 rings (SSSR count). The van der Waals surface area contributed by atoms with Crippen molar-refractivity contribution in [2.45, 2.75) is 45.4 Å². The molecule has 8 nitrogen and oxygen atoms in total. The molecule has 0 radical (unpaired) electrons. The number of hydrogen-bond donors (Lipinski definition) is 2. The van der Waals surface area contributed by atoms with Crippen LogP contribution in [0.3, 0.4) is 0 Å². The van der Waals surface area contributed by atoms with E-state index in [0.717, 1.165) is 55.5 Å². The van der Waals surface area contributed by atoms with Crippen molar-refractivity contribution in [1.82, 2.24) is 30.0 Å². The number of hydrogen-bond acceptors (Lipinski definition) is 7. The molecule has 1 fully saturated rings. The molecule has 0 spiro atoms. The van der Waals surface area contributed by atoms with Gasteiger partial charge in [-0.2, -0.15) is 5.10 Å². The molecule has 3 aromatic heterocycles. The van der Waals surface area contributed by atoms with Crippen LogP contribution in [0.15, 0.2) is 24.5 Å². The number of aromatic nitrogens is 5. The molecule has 8 heteroatoms. The molecule has 0 atom stereocenters. The van der Waals surface area contributed by atoms with Crippen LogP contribution in [0.2, 0.25) is 0 Å². The first-order valence-electron chi connectivity index (χ1n) is 11.5. The van der Waals surface area contributed by atoms with Gasteiger partial charge in [0.1, 0.15) is 5.82 Å². The Morgan fingerprint density at radius 1 is 1.09 bits per heavy atom. The van der Waals surface area contributed by atoms with E-state index in [2.05, 4.69) is 59.3 Å². The molecule has 2 aliphatic rings. The third-order valence-electron chi connectivity index (χ3n) is 6.48. The van der Waals surface area contributed by atoms with Crippen molar-refractivity contribution in [2.75, 3.05) is 36.4 Å². The number of aryl methyl sites for hydroxylation is 1. The van der Waals surface area contributed by atoms with Gasteiger partial charge in [0.25, 0.3) is 0 Å². The summed E-state index contributed by atoms with van der Waals surface area (Å²) in [5.74, 6) is 1.66. The van der Waals surface area contributed by atoms with Gasteiger partial charge in [-0.05, 0) is 30.0 Å². The Balaban J connectivity index is 1.46. The number of nitrogens with zero attached hydrogens (tertiary/aromatic N) is 6. The Hall–Kier alpha value is -3.00. The molecule has 1 aliphatic heterocycles. The maximum atomic E-state index is 4.95. The summed E-state index contributed by atoms with van der Waals surface area (Å²) in [6, 6.07) is 4.11. The lowest BCUT2D eigenvalue weighted by Crippen LogP contribution is -2.43. The van der Waals surface area contributed by atoms with Crippen molar-refractivity contribution < 1.29 is 0 Å². The smallest absolute Gasteiger partial charge is 0.228 e. The molecule has 0 saturated carbocycles. The van der Waals surface area contributed by atoms with E-state index in [1.807, 2.05) is 30.2 Å². The van der Waals surface area contributed by atoms with Crippen LogP contribution < -0.4 is 15.5 Å². The molecule has 1 aliphatic carbocycles. The van der Waals surface area contributed by atoms with Gasteiger partial charge in [-0.1, -0.05) is 27.7 Å². The molecule has 2 N–H and O–H groups in total. The summed E-state index contributed by atoms with van der Waals surface area (Å²) in [5.41, 5.74) is 6.77. The SMILES string of the molecule is CC(C)c1c2c(nn1C)C(C)(C)Cc1cnc(Nc3ccc(N4CCNCC4)cn3)nc1-2. The molecule has 32 heavy (non-hydrogen) atoms. The van der Waals surface area contributed by atoms with Crippen LogP contribution in [0.5, 0.6) is 0 Å². The van der Waals surface area contributed by atoms with E-state index in [1.54, 1.807) is 0 Å². The van der Waals surface area contributed by atoms with Crippen molar-refractivity contribution in [1.29, 1.82) is 0 Å². The van der Waals surface area contributed by atoms with Crippen LogP contribution in [-0.4, -0.2) is 50.9 Å². The second kappa shape index (κ2) is 7.85. The number of fused-ring (bicyclic) bond motifs is 3. The molecule has 4 heterocycles. The standard InChI is InChI=1S/C24H32N8/c1-15(2)21-19-20-16(12-24(3,4)22(19)30-31(21)5)13-27-23(29-20)28-18-7-6-17(14-26-18)32-10-8-25-9-11-32/h6-7,13-15,25H,8-12H2,1-5H3,(H,26,27,28,29). The Morgan fingerprint density at radius 2 is 1.88 bits per heavy atom. The van der Waals surface area contributed by atoms with Crippen LogP contribution in [0.1, 0.15) is 50.6 Å². The average Bonchev–Trinajstić information content (AvgIpc) is 3.14. The topological polar surface area (TPSA) is 83.8 Å². The van der Waals surface area contributed by atoms with Gasteiger partial charge in [0.15, 0.2) is 0 Å². The maximum absolute atomic E-state index is 4.95. The van der Waals surface area contributed by atoms with Crippen molar-refractivity contribution >= 4 is 17.5 Å². The van der Waals surface area contributed by atoms with Gasteiger partial charge in [0, 0.05) is 50.4 Å². The fraction of sp³-hybridized carbons (Fsp3) is 0.500.